The van der Waals surface area contributed by atoms with E-state index in [1.165, 1.54) is 0 Å². The van der Waals surface area contributed by atoms with Gasteiger partial charge in [-0.1, -0.05) is 6.42 Å². The number of nitrogens with two attached hydrogens (primary N) is 2. The number of nitrogens with zero attached hydrogens (tertiary/aromatic N) is 2. The Morgan fingerprint density at radius 2 is 1.91 bits per heavy atom. The fraction of sp³-hybridized carbons (Fsp3) is 0.417. The highest BCUT2D eigenvalue weighted by Crippen LogP contribution is 2.29. The van der Waals surface area contributed by atoms with Gasteiger partial charge in [-0.2, -0.15) is 0 Å². The van der Waals surface area contributed by atoms with Crippen LogP contribution < -0.4 is 16.8 Å². The quantitative estimate of drug-likeness (QED) is 0.364. The van der Waals surface area contributed by atoms with Gasteiger partial charge in [-0.05, 0) is 25.5 Å². The first-order chi connectivity index (χ1) is 10.4. The Labute approximate surface area is 125 Å². The van der Waals surface area contributed by atoms with Gasteiger partial charge in [0.2, 0.25) is 5.91 Å². The van der Waals surface area contributed by atoms with E-state index in [0.717, 1.165) is 24.6 Å². The van der Waals surface area contributed by atoms with Crippen LogP contribution in [0.1, 0.15) is 19.3 Å². The van der Waals surface area contributed by atoms with Crippen LogP contribution in [0.25, 0.3) is 0 Å². The van der Waals surface area contributed by atoms with Crippen LogP contribution in [-0.2, 0) is 4.79 Å². The van der Waals surface area contributed by atoms with Gasteiger partial charge in [0.15, 0.2) is 0 Å². The second-order valence-electron chi connectivity index (χ2n) is 4.60. The topological polar surface area (TPSA) is 167 Å². The van der Waals surface area contributed by atoms with E-state index in [2.05, 4.69) is 5.32 Å². The van der Waals surface area contributed by atoms with E-state index < -0.39 is 33.2 Å². The summed E-state index contributed by atoms with van der Waals surface area (Å²) in [6.07, 6.45) is 1.77. The molecule has 0 aliphatic heterocycles. The maximum absolute atomic E-state index is 11.9. The predicted molar refractivity (Wildman–Crippen MR) is 79.3 cm³/mol. The van der Waals surface area contributed by atoms with E-state index in [1.54, 1.807) is 0 Å². The Hall–Kier alpha value is -2.59. The van der Waals surface area contributed by atoms with E-state index >= 15 is 0 Å². The summed E-state index contributed by atoms with van der Waals surface area (Å²) in [7, 11) is 0. The minimum atomic E-state index is -0.832. The summed E-state index contributed by atoms with van der Waals surface area (Å²) in [5.41, 5.74) is 9.89. The monoisotopic (exact) mass is 311 g/mol. The van der Waals surface area contributed by atoms with Crippen molar-refractivity contribution in [1.29, 1.82) is 0 Å². The number of amides is 1. The summed E-state index contributed by atoms with van der Waals surface area (Å²) in [5, 5.41) is 23.9. The molecule has 10 nitrogen and oxygen atoms in total. The third kappa shape index (κ3) is 4.75. The van der Waals surface area contributed by atoms with Crippen LogP contribution in [0.3, 0.4) is 0 Å². The number of hydrogen-bond donors (Lipinski definition) is 3. The van der Waals surface area contributed by atoms with Crippen LogP contribution in [-0.4, -0.2) is 28.3 Å². The van der Waals surface area contributed by atoms with Crippen LogP contribution in [0.5, 0.6) is 0 Å². The summed E-state index contributed by atoms with van der Waals surface area (Å²) in [5.74, 6) is -0.589. The lowest BCUT2D eigenvalue weighted by Gasteiger charge is -2.12. The molecule has 0 aliphatic rings. The van der Waals surface area contributed by atoms with Crippen molar-refractivity contribution in [3.63, 3.8) is 0 Å². The zero-order valence-electron chi connectivity index (χ0n) is 11.7. The molecule has 1 amide bonds. The predicted octanol–water partition coefficient (Wildman–Crippen LogP) is 0.898. The number of unbranched alkanes of at least 4 members (excludes halogenated alkanes) is 1. The number of benzene rings is 1. The van der Waals surface area contributed by atoms with E-state index in [0.29, 0.717) is 19.4 Å². The molecule has 0 fully saturated rings. The Balaban J connectivity index is 2.86. The van der Waals surface area contributed by atoms with Crippen molar-refractivity contribution in [1.82, 2.24) is 0 Å². The fourth-order valence-electron chi connectivity index (χ4n) is 1.76. The van der Waals surface area contributed by atoms with Crippen molar-refractivity contribution in [3.8, 4) is 0 Å². The maximum atomic E-state index is 11.9. The number of carbonyl (C=O) groups is 1. The number of anilines is 1. The van der Waals surface area contributed by atoms with E-state index in [-0.39, 0.29) is 5.69 Å². The molecule has 0 aliphatic carbocycles. The van der Waals surface area contributed by atoms with Gasteiger partial charge in [0, 0.05) is 6.07 Å². The first kappa shape index (κ1) is 17.5. The van der Waals surface area contributed by atoms with Crippen molar-refractivity contribution in [2.75, 3.05) is 11.9 Å². The Morgan fingerprint density at radius 1 is 1.23 bits per heavy atom. The molecule has 1 atom stereocenters. The molecule has 1 aromatic rings. The minimum absolute atomic E-state index is 0.130. The SMILES string of the molecule is NCCCC[C@H](N)C(=O)Nc1ccc([N+](=O)[O-])cc1[N+](=O)[O-]. The highest BCUT2D eigenvalue weighted by Gasteiger charge is 2.22. The van der Waals surface area contributed by atoms with Crippen LogP contribution in [0, 0.1) is 20.2 Å². The first-order valence-corrected chi connectivity index (χ1v) is 6.56. The first-order valence-electron chi connectivity index (χ1n) is 6.56. The number of hydrogen-bond acceptors (Lipinski definition) is 7. The molecule has 0 unspecified atom stereocenters. The Morgan fingerprint density at radius 3 is 2.45 bits per heavy atom. The molecule has 5 N–H and O–H groups in total. The smallest absolute Gasteiger partial charge is 0.299 e. The molecule has 120 valence electrons. The summed E-state index contributed by atoms with van der Waals surface area (Å²) in [6, 6.07) is 2.14. The highest BCUT2D eigenvalue weighted by atomic mass is 16.6. The van der Waals surface area contributed by atoms with Crippen molar-refractivity contribution < 1.29 is 14.6 Å². The second kappa shape index (κ2) is 8.00. The van der Waals surface area contributed by atoms with E-state index in [9.17, 15) is 25.0 Å². The maximum Gasteiger partial charge on any atom is 0.299 e. The number of non-ortho nitro benzene ring substituents is 1. The molecule has 0 saturated heterocycles. The molecule has 22 heavy (non-hydrogen) atoms. The molecule has 10 heteroatoms. The third-order valence-corrected chi connectivity index (χ3v) is 2.95. The van der Waals surface area contributed by atoms with Gasteiger partial charge >= 0.3 is 0 Å². The Bertz CT molecular complexity index is 577. The van der Waals surface area contributed by atoms with Crippen molar-refractivity contribution >= 4 is 23.0 Å². The lowest BCUT2D eigenvalue weighted by Crippen LogP contribution is -2.35. The fourth-order valence-corrected chi connectivity index (χ4v) is 1.76. The largest absolute Gasteiger partial charge is 0.330 e. The third-order valence-electron chi connectivity index (χ3n) is 2.95. The number of nitro groups is 2. The van der Waals surface area contributed by atoms with E-state index in [4.69, 9.17) is 11.5 Å². The van der Waals surface area contributed by atoms with E-state index in [1.807, 2.05) is 0 Å². The lowest BCUT2D eigenvalue weighted by molar-refractivity contribution is -0.393. The molecule has 1 rings (SSSR count). The summed E-state index contributed by atoms with van der Waals surface area (Å²) < 4.78 is 0. The van der Waals surface area contributed by atoms with Gasteiger partial charge in [0.1, 0.15) is 5.69 Å². The number of nitrogens with one attached hydrogen (secondary N) is 1. The van der Waals surface area contributed by atoms with Crippen LogP contribution in [0.2, 0.25) is 0 Å². The van der Waals surface area contributed by atoms with Gasteiger partial charge in [-0.15, -0.1) is 0 Å². The molecule has 0 spiro atoms. The number of rotatable bonds is 8. The molecular formula is C12H17N5O5. The zero-order chi connectivity index (χ0) is 16.7. The summed E-state index contributed by atoms with van der Waals surface area (Å²) in [4.78, 5) is 31.9. The molecular weight excluding hydrogens is 294 g/mol. The molecule has 0 heterocycles. The average molecular weight is 311 g/mol. The molecule has 0 aromatic heterocycles. The van der Waals surface area contributed by atoms with Crippen LogP contribution in [0.15, 0.2) is 18.2 Å². The summed E-state index contributed by atoms with van der Waals surface area (Å²) >= 11 is 0. The van der Waals surface area contributed by atoms with Crippen molar-refractivity contribution in [2.24, 2.45) is 11.5 Å². The molecule has 1 aromatic carbocycles. The van der Waals surface area contributed by atoms with Gasteiger partial charge in [0.05, 0.1) is 22.0 Å². The Kier molecular flexibility index (Phi) is 6.35. The highest BCUT2D eigenvalue weighted by molar-refractivity contribution is 5.96. The van der Waals surface area contributed by atoms with Crippen molar-refractivity contribution in [3.05, 3.63) is 38.4 Å². The van der Waals surface area contributed by atoms with Gasteiger partial charge < -0.3 is 16.8 Å². The zero-order valence-corrected chi connectivity index (χ0v) is 11.7. The lowest BCUT2D eigenvalue weighted by atomic mass is 10.1. The van der Waals surface area contributed by atoms with Crippen molar-refractivity contribution in [2.45, 2.75) is 25.3 Å². The normalized spacial score (nSPS) is 11.7. The second-order valence-corrected chi connectivity index (χ2v) is 4.60. The standard InChI is InChI=1S/C12H17N5O5/c13-6-2-1-3-9(14)12(18)15-10-5-4-8(16(19)20)7-11(10)17(21)22/h4-5,7,9H,1-3,6,13-14H2,(H,15,18)/t9-/m0/s1. The minimum Gasteiger partial charge on any atom is -0.330 e. The van der Waals surface area contributed by atoms with Crippen LogP contribution in [0.4, 0.5) is 17.1 Å². The van der Waals surface area contributed by atoms with Gasteiger partial charge in [0.25, 0.3) is 11.4 Å². The van der Waals surface area contributed by atoms with Crippen LogP contribution >= 0.6 is 0 Å². The van der Waals surface area contributed by atoms with Gasteiger partial charge in [-0.25, -0.2) is 0 Å². The molecule has 0 saturated carbocycles. The number of nitro benzene ring substituents is 2. The summed E-state index contributed by atoms with van der Waals surface area (Å²) in [6.45, 7) is 0.488. The molecule has 0 bridgehead atoms. The average Bonchev–Trinajstić information content (AvgIpc) is 2.47. The van der Waals surface area contributed by atoms with Gasteiger partial charge in [-0.3, -0.25) is 25.0 Å². The number of carbonyl (C=O) groups excluding carboxylic acids is 1. The molecule has 0 radical (unpaired) electrons.